The molecule has 1 aliphatic rings. The zero-order chi connectivity index (χ0) is 6.20. The summed E-state index contributed by atoms with van der Waals surface area (Å²) in [5.41, 5.74) is 0. The molecular weight excluding hydrogens is 147 g/mol. The van der Waals surface area contributed by atoms with Crippen LogP contribution < -0.4 is 0 Å². The van der Waals surface area contributed by atoms with Gasteiger partial charge in [0, 0.05) is 0 Å². The standard InChI is InChI=1S/C5H6Cl2O/c6-4(3-8)5(7)1-2-5/h3-4H,1-2H2. The molecule has 1 aliphatic carbocycles. The van der Waals surface area contributed by atoms with E-state index in [-0.39, 0.29) is 4.87 Å². The van der Waals surface area contributed by atoms with Gasteiger partial charge >= 0.3 is 0 Å². The molecule has 8 heavy (non-hydrogen) atoms. The molecule has 0 radical (unpaired) electrons. The molecule has 3 heteroatoms. The third kappa shape index (κ3) is 0.981. The van der Waals surface area contributed by atoms with Gasteiger partial charge in [0.15, 0.2) is 0 Å². The minimum absolute atomic E-state index is 0.372. The van der Waals surface area contributed by atoms with Crippen LogP contribution in [0.5, 0.6) is 0 Å². The van der Waals surface area contributed by atoms with Crippen molar-refractivity contribution >= 4 is 29.5 Å². The number of carbonyl (C=O) groups excluding carboxylic acids is 1. The predicted octanol–water partition coefficient (Wildman–Crippen LogP) is 1.56. The summed E-state index contributed by atoms with van der Waals surface area (Å²) in [6.07, 6.45) is 2.45. The molecule has 0 saturated heterocycles. The second kappa shape index (κ2) is 1.89. The van der Waals surface area contributed by atoms with Crippen molar-refractivity contribution in [2.75, 3.05) is 0 Å². The topological polar surface area (TPSA) is 17.1 Å². The van der Waals surface area contributed by atoms with E-state index in [0.29, 0.717) is 6.29 Å². The van der Waals surface area contributed by atoms with Crippen molar-refractivity contribution in [2.24, 2.45) is 0 Å². The third-order valence-electron chi connectivity index (χ3n) is 1.34. The van der Waals surface area contributed by atoms with E-state index in [1.54, 1.807) is 0 Å². The van der Waals surface area contributed by atoms with Gasteiger partial charge in [-0.25, -0.2) is 0 Å². The molecule has 0 aliphatic heterocycles. The van der Waals surface area contributed by atoms with Crippen LogP contribution in [-0.4, -0.2) is 16.5 Å². The number of carbonyl (C=O) groups is 1. The predicted molar refractivity (Wildman–Crippen MR) is 33.5 cm³/mol. The highest BCUT2D eigenvalue weighted by atomic mass is 35.5. The molecule has 1 atom stereocenters. The molecule has 0 aromatic carbocycles. The quantitative estimate of drug-likeness (QED) is 0.434. The Morgan fingerprint density at radius 2 is 2.12 bits per heavy atom. The minimum atomic E-state index is -0.482. The third-order valence-corrected chi connectivity index (χ3v) is 2.59. The Hall–Kier alpha value is 0.250. The molecule has 0 spiro atoms. The summed E-state index contributed by atoms with van der Waals surface area (Å²) in [5, 5.41) is -0.482. The fraction of sp³-hybridized carbons (Fsp3) is 0.800. The molecule has 0 aromatic heterocycles. The Labute approximate surface area is 58.0 Å². The SMILES string of the molecule is O=CC(Cl)C1(Cl)CC1. The van der Waals surface area contributed by atoms with Gasteiger partial charge in [0.05, 0.1) is 4.87 Å². The van der Waals surface area contributed by atoms with E-state index in [1.807, 2.05) is 0 Å². The van der Waals surface area contributed by atoms with Crippen LogP contribution in [0.2, 0.25) is 0 Å². The highest BCUT2D eigenvalue weighted by Crippen LogP contribution is 2.46. The van der Waals surface area contributed by atoms with Gasteiger partial charge < -0.3 is 4.79 Å². The molecule has 1 saturated carbocycles. The van der Waals surface area contributed by atoms with Crippen molar-refractivity contribution in [3.05, 3.63) is 0 Å². The van der Waals surface area contributed by atoms with Gasteiger partial charge in [0.2, 0.25) is 0 Å². The van der Waals surface area contributed by atoms with Crippen LogP contribution in [0.4, 0.5) is 0 Å². The summed E-state index contributed by atoms with van der Waals surface area (Å²) in [6, 6.07) is 0. The Morgan fingerprint density at radius 3 is 2.25 bits per heavy atom. The largest absolute Gasteiger partial charge is 0.302 e. The molecule has 1 unspecified atom stereocenters. The van der Waals surface area contributed by atoms with E-state index in [0.717, 1.165) is 12.8 Å². The molecule has 46 valence electrons. The first-order valence-electron chi connectivity index (χ1n) is 2.47. The lowest BCUT2D eigenvalue weighted by atomic mass is 10.3. The molecular formula is C5H6Cl2O. The number of aldehydes is 1. The molecule has 0 heterocycles. The molecule has 0 N–H and O–H groups in total. The van der Waals surface area contributed by atoms with Gasteiger partial charge in [0.25, 0.3) is 0 Å². The van der Waals surface area contributed by atoms with Crippen molar-refractivity contribution < 1.29 is 4.79 Å². The Kier molecular flexibility index (Phi) is 1.50. The summed E-state index contributed by atoms with van der Waals surface area (Å²) < 4.78 is 0. The number of hydrogen-bond donors (Lipinski definition) is 0. The number of alkyl halides is 2. The van der Waals surface area contributed by atoms with Crippen LogP contribution in [-0.2, 0) is 4.79 Å². The van der Waals surface area contributed by atoms with E-state index < -0.39 is 5.38 Å². The maximum Gasteiger partial charge on any atom is 0.139 e. The van der Waals surface area contributed by atoms with Crippen LogP contribution in [0.15, 0.2) is 0 Å². The second-order valence-corrected chi connectivity index (χ2v) is 3.30. The fourth-order valence-electron chi connectivity index (χ4n) is 0.517. The number of rotatable bonds is 2. The number of hydrogen-bond acceptors (Lipinski definition) is 1. The lowest BCUT2D eigenvalue weighted by Crippen LogP contribution is -2.16. The Bertz CT molecular complexity index is 109. The van der Waals surface area contributed by atoms with Crippen LogP contribution >= 0.6 is 23.2 Å². The Morgan fingerprint density at radius 1 is 1.62 bits per heavy atom. The van der Waals surface area contributed by atoms with E-state index in [2.05, 4.69) is 0 Å². The Balaban J connectivity index is 2.45. The molecule has 1 rings (SSSR count). The van der Waals surface area contributed by atoms with Crippen molar-refractivity contribution in [2.45, 2.75) is 23.1 Å². The molecule has 1 nitrogen and oxygen atoms in total. The van der Waals surface area contributed by atoms with Crippen molar-refractivity contribution in [1.29, 1.82) is 0 Å². The first-order chi connectivity index (χ1) is 3.69. The highest BCUT2D eigenvalue weighted by Gasteiger charge is 2.47. The monoisotopic (exact) mass is 152 g/mol. The van der Waals surface area contributed by atoms with Gasteiger partial charge in [-0.2, -0.15) is 0 Å². The lowest BCUT2D eigenvalue weighted by molar-refractivity contribution is -0.107. The van der Waals surface area contributed by atoms with Gasteiger partial charge in [-0.15, -0.1) is 23.2 Å². The average molecular weight is 153 g/mol. The molecule has 0 amide bonds. The fourth-order valence-corrected chi connectivity index (χ4v) is 0.881. The van der Waals surface area contributed by atoms with Crippen LogP contribution in [0.3, 0.4) is 0 Å². The zero-order valence-electron chi connectivity index (χ0n) is 4.23. The van der Waals surface area contributed by atoms with Crippen LogP contribution in [0.1, 0.15) is 12.8 Å². The van der Waals surface area contributed by atoms with Crippen LogP contribution in [0.25, 0.3) is 0 Å². The summed E-state index contributed by atoms with van der Waals surface area (Å²) in [6.45, 7) is 0. The van der Waals surface area contributed by atoms with Gasteiger partial charge in [0.1, 0.15) is 11.7 Å². The highest BCUT2D eigenvalue weighted by molar-refractivity contribution is 6.38. The summed E-state index contributed by atoms with van der Waals surface area (Å²) >= 11 is 11.2. The van der Waals surface area contributed by atoms with Gasteiger partial charge in [-0.1, -0.05) is 0 Å². The van der Waals surface area contributed by atoms with Gasteiger partial charge in [-0.3, -0.25) is 0 Å². The average Bonchev–Trinajstić information content (AvgIpc) is 2.47. The summed E-state index contributed by atoms with van der Waals surface area (Å²) in [4.78, 5) is 9.60. The maximum atomic E-state index is 9.98. The van der Waals surface area contributed by atoms with Crippen LogP contribution in [0, 0.1) is 0 Å². The molecule has 0 bridgehead atoms. The van der Waals surface area contributed by atoms with E-state index >= 15 is 0 Å². The van der Waals surface area contributed by atoms with E-state index in [1.165, 1.54) is 0 Å². The zero-order valence-corrected chi connectivity index (χ0v) is 5.74. The van der Waals surface area contributed by atoms with E-state index in [4.69, 9.17) is 23.2 Å². The number of halogens is 2. The minimum Gasteiger partial charge on any atom is -0.302 e. The van der Waals surface area contributed by atoms with Gasteiger partial charge in [-0.05, 0) is 12.8 Å². The summed E-state index contributed by atoms with van der Waals surface area (Å²) in [5.74, 6) is 0. The molecule has 0 aromatic rings. The van der Waals surface area contributed by atoms with Crippen molar-refractivity contribution in [3.8, 4) is 0 Å². The first-order valence-corrected chi connectivity index (χ1v) is 3.29. The normalized spacial score (nSPS) is 26.8. The molecule has 1 fully saturated rings. The second-order valence-electron chi connectivity index (χ2n) is 2.07. The van der Waals surface area contributed by atoms with Crippen molar-refractivity contribution in [1.82, 2.24) is 0 Å². The van der Waals surface area contributed by atoms with Crippen molar-refractivity contribution in [3.63, 3.8) is 0 Å². The van der Waals surface area contributed by atoms with E-state index in [9.17, 15) is 4.79 Å². The smallest absolute Gasteiger partial charge is 0.139 e. The maximum absolute atomic E-state index is 9.98. The summed E-state index contributed by atoms with van der Waals surface area (Å²) in [7, 11) is 0. The first kappa shape index (κ1) is 6.37. The lowest BCUT2D eigenvalue weighted by Gasteiger charge is -2.03.